The molecule has 0 aliphatic carbocycles. The summed E-state index contributed by atoms with van der Waals surface area (Å²) in [6, 6.07) is 9.28. The number of sulfone groups is 1. The molecule has 0 radical (unpaired) electrons. The molecule has 0 aliphatic heterocycles. The maximum absolute atomic E-state index is 11.8. The number of aryl methyl sites for hydroxylation is 1. The summed E-state index contributed by atoms with van der Waals surface area (Å²) in [5, 5.41) is 16.9. The molecule has 0 unspecified atom stereocenters. The number of nitrogens with two attached hydrogens (primary N) is 2. The average Bonchev–Trinajstić information content (AvgIpc) is 2.50. The SMILES string of the molecule is Cc1cc(N=Nc2ccc(S(=O)(=O)CCO)cc2)c(N)cc1N. The van der Waals surface area contributed by atoms with Crippen molar-refractivity contribution in [3.63, 3.8) is 0 Å². The van der Waals surface area contributed by atoms with Gasteiger partial charge in [0.25, 0.3) is 0 Å². The summed E-state index contributed by atoms with van der Waals surface area (Å²) in [5.41, 5.74) is 14.4. The summed E-state index contributed by atoms with van der Waals surface area (Å²) >= 11 is 0. The van der Waals surface area contributed by atoms with Crippen LogP contribution in [0.2, 0.25) is 0 Å². The van der Waals surface area contributed by atoms with Crippen LogP contribution in [0.4, 0.5) is 22.7 Å². The second-order valence-corrected chi connectivity index (χ2v) is 7.11. The Balaban J connectivity index is 2.23. The first-order valence-corrected chi connectivity index (χ1v) is 8.50. The number of benzene rings is 2. The minimum absolute atomic E-state index is 0.133. The van der Waals surface area contributed by atoms with Crippen molar-refractivity contribution in [3.8, 4) is 0 Å². The summed E-state index contributed by atoms with van der Waals surface area (Å²) in [7, 11) is -3.47. The second kappa shape index (κ2) is 6.76. The van der Waals surface area contributed by atoms with Gasteiger partial charge in [-0.1, -0.05) is 0 Å². The quantitative estimate of drug-likeness (QED) is 0.570. The molecule has 0 saturated heterocycles. The van der Waals surface area contributed by atoms with Gasteiger partial charge in [-0.3, -0.25) is 0 Å². The van der Waals surface area contributed by atoms with Crippen molar-refractivity contribution in [2.75, 3.05) is 23.8 Å². The van der Waals surface area contributed by atoms with E-state index in [0.717, 1.165) is 5.56 Å². The van der Waals surface area contributed by atoms with Gasteiger partial charge in [-0.15, -0.1) is 5.11 Å². The van der Waals surface area contributed by atoms with E-state index in [4.69, 9.17) is 16.6 Å². The molecule has 0 aromatic heterocycles. The smallest absolute Gasteiger partial charge is 0.180 e. The molecule has 0 amide bonds. The third-order valence-electron chi connectivity index (χ3n) is 3.24. The van der Waals surface area contributed by atoms with E-state index in [2.05, 4.69) is 10.2 Å². The molecular weight excluding hydrogens is 316 g/mol. The molecule has 23 heavy (non-hydrogen) atoms. The third-order valence-corrected chi connectivity index (χ3v) is 4.95. The zero-order valence-corrected chi connectivity index (χ0v) is 13.4. The van der Waals surface area contributed by atoms with Crippen LogP contribution in [0.1, 0.15) is 5.56 Å². The Morgan fingerprint density at radius 1 is 1.04 bits per heavy atom. The van der Waals surface area contributed by atoms with Gasteiger partial charge in [-0.05, 0) is 48.9 Å². The van der Waals surface area contributed by atoms with E-state index >= 15 is 0 Å². The highest BCUT2D eigenvalue weighted by molar-refractivity contribution is 7.91. The standard InChI is InChI=1S/C15H18N4O3S/c1-10-8-15(14(17)9-13(10)16)19-18-11-2-4-12(5-3-11)23(21,22)7-6-20/h2-5,8-9,20H,6-7,16-17H2,1H3. The molecule has 0 heterocycles. The lowest BCUT2D eigenvalue weighted by Gasteiger charge is -2.04. The predicted molar refractivity (Wildman–Crippen MR) is 89.8 cm³/mol. The van der Waals surface area contributed by atoms with Gasteiger partial charge in [-0.2, -0.15) is 5.11 Å². The Kier molecular flexibility index (Phi) is 4.97. The van der Waals surface area contributed by atoms with E-state index < -0.39 is 16.4 Å². The molecule has 2 aromatic rings. The van der Waals surface area contributed by atoms with Gasteiger partial charge in [0.05, 0.1) is 28.6 Å². The molecule has 0 spiro atoms. The van der Waals surface area contributed by atoms with E-state index in [1.165, 1.54) is 24.3 Å². The molecule has 0 fully saturated rings. The van der Waals surface area contributed by atoms with Crippen LogP contribution in [-0.4, -0.2) is 25.9 Å². The number of nitrogen functional groups attached to an aromatic ring is 2. The van der Waals surface area contributed by atoms with E-state index in [1.54, 1.807) is 12.1 Å². The fraction of sp³-hybridized carbons (Fsp3) is 0.200. The number of aliphatic hydroxyl groups is 1. The molecule has 7 nitrogen and oxygen atoms in total. The Hall–Kier alpha value is -2.45. The Bertz CT molecular complexity index is 831. The topological polar surface area (TPSA) is 131 Å². The van der Waals surface area contributed by atoms with Crippen molar-refractivity contribution in [1.82, 2.24) is 0 Å². The van der Waals surface area contributed by atoms with Gasteiger partial charge < -0.3 is 16.6 Å². The fourth-order valence-corrected chi connectivity index (χ4v) is 2.91. The Morgan fingerprint density at radius 2 is 1.70 bits per heavy atom. The maximum atomic E-state index is 11.8. The summed E-state index contributed by atoms with van der Waals surface area (Å²) in [6.07, 6.45) is 0. The average molecular weight is 334 g/mol. The van der Waals surface area contributed by atoms with Crippen LogP contribution >= 0.6 is 0 Å². The zero-order valence-electron chi connectivity index (χ0n) is 12.6. The van der Waals surface area contributed by atoms with Gasteiger partial charge in [0.15, 0.2) is 9.84 Å². The number of nitrogens with zero attached hydrogens (tertiary/aromatic N) is 2. The lowest BCUT2D eigenvalue weighted by atomic mass is 10.1. The van der Waals surface area contributed by atoms with Crippen LogP contribution in [0.5, 0.6) is 0 Å². The molecule has 0 bridgehead atoms. The van der Waals surface area contributed by atoms with Crippen molar-refractivity contribution < 1.29 is 13.5 Å². The van der Waals surface area contributed by atoms with E-state index in [0.29, 0.717) is 22.7 Å². The molecule has 0 saturated carbocycles. The molecule has 2 aromatic carbocycles. The highest BCUT2D eigenvalue weighted by atomic mass is 32.2. The number of aliphatic hydroxyl groups excluding tert-OH is 1. The number of azo groups is 1. The number of hydrogen-bond acceptors (Lipinski definition) is 7. The summed E-state index contributed by atoms with van der Waals surface area (Å²) < 4.78 is 23.6. The Labute approximate surface area is 134 Å². The highest BCUT2D eigenvalue weighted by Gasteiger charge is 2.13. The van der Waals surface area contributed by atoms with Crippen molar-refractivity contribution in [3.05, 3.63) is 42.0 Å². The lowest BCUT2D eigenvalue weighted by Crippen LogP contribution is -2.09. The third kappa shape index (κ3) is 4.05. The highest BCUT2D eigenvalue weighted by Crippen LogP contribution is 2.29. The zero-order chi connectivity index (χ0) is 17.0. The van der Waals surface area contributed by atoms with Crippen LogP contribution < -0.4 is 11.5 Å². The summed E-state index contributed by atoms with van der Waals surface area (Å²) in [5.74, 6) is -0.310. The molecule has 122 valence electrons. The van der Waals surface area contributed by atoms with Crippen molar-refractivity contribution in [2.45, 2.75) is 11.8 Å². The number of rotatable bonds is 5. The van der Waals surface area contributed by atoms with Crippen molar-refractivity contribution in [2.24, 2.45) is 10.2 Å². The fourth-order valence-electron chi connectivity index (χ4n) is 1.88. The second-order valence-electron chi connectivity index (χ2n) is 5.00. The predicted octanol–water partition coefficient (Wildman–Crippen LogP) is 2.34. The minimum atomic E-state index is -3.47. The van der Waals surface area contributed by atoms with Gasteiger partial charge in [0.2, 0.25) is 0 Å². The van der Waals surface area contributed by atoms with Gasteiger partial charge >= 0.3 is 0 Å². The minimum Gasteiger partial charge on any atom is -0.398 e. The van der Waals surface area contributed by atoms with Gasteiger partial charge in [-0.25, -0.2) is 8.42 Å². The first kappa shape index (κ1) is 16.9. The largest absolute Gasteiger partial charge is 0.398 e. The lowest BCUT2D eigenvalue weighted by molar-refractivity contribution is 0.319. The first-order chi connectivity index (χ1) is 10.8. The van der Waals surface area contributed by atoms with Crippen LogP contribution in [0.25, 0.3) is 0 Å². The van der Waals surface area contributed by atoms with Crippen LogP contribution in [0, 0.1) is 6.92 Å². The van der Waals surface area contributed by atoms with Crippen LogP contribution in [-0.2, 0) is 9.84 Å². The van der Waals surface area contributed by atoms with E-state index in [9.17, 15) is 8.42 Å². The molecule has 8 heteroatoms. The van der Waals surface area contributed by atoms with Gasteiger partial charge in [0, 0.05) is 5.69 Å². The molecule has 5 N–H and O–H groups in total. The maximum Gasteiger partial charge on any atom is 0.180 e. The van der Waals surface area contributed by atoms with Crippen molar-refractivity contribution >= 4 is 32.6 Å². The molecular formula is C15H18N4O3S. The first-order valence-electron chi connectivity index (χ1n) is 6.84. The van der Waals surface area contributed by atoms with E-state index in [1.807, 2.05) is 6.92 Å². The molecule has 0 aliphatic rings. The number of anilines is 2. The number of hydrogen-bond donors (Lipinski definition) is 3. The van der Waals surface area contributed by atoms with E-state index in [-0.39, 0.29) is 10.6 Å². The van der Waals surface area contributed by atoms with Gasteiger partial charge in [0.1, 0.15) is 5.69 Å². The Morgan fingerprint density at radius 3 is 2.30 bits per heavy atom. The molecule has 0 atom stereocenters. The molecule has 2 rings (SSSR count). The van der Waals surface area contributed by atoms with Crippen molar-refractivity contribution in [1.29, 1.82) is 0 Å². The van der Waals surface area contributed by atoms with Crippen LogP contribution in [0.3, 0.4) is 0 Å². The summed E-state index contributed by atoms with van der Waals surface area (Å²) in [6.45, 7) is 1.42. The summed E-state index contributed by atoms with van der Waals surface area (Å²) in [4.78, 5) is 0.133. The normalized spacial score (nSPS) is 11.9. The van der Waals surface area contributed by atoms with Crippen LogP contribution in [0.15, 0.2) is 51.5 Å². The monoisotopic (exact) mass is 334 g/mol.